The van der Waals surface area contributed by atoms with Crippen LogP contribution in [0.1, 0.15) is 50.7 Å². The van der Waals surface area contributed by atoms with Crippen LogP contribution in [0.3, 0.4) is 0 Å². The van der Waals surface area contributed by atoms with Crippen LogP contribution < -0.4 is 10.6 Å². The highest BCUT2D eigenvalue weighted by Gasteiger charge is 2.31. The first kappa shape index (κ1) is 25.2. The summed E-state index contributed by atoms with van der Waals surface area (Å²) in [4.78, 5) is 35.7. The second-order valence-corrected chi connectivity index (χ2v) is 9.59. The van der Waals surface area contributed by atoms with Gasteiger partial charge in [-0.05, 0) is 27.7 Å². The number of aliphatic hydroxyl groups is 1. The van der Waals surface area contributed by atoms with Gasteiger partial charge in [-0.15, -0.1) is 0 Å². The molecule has 0 heterocycles. The highest BCUT2D eigenvalue weighted by molar-refractivity contribution is 5.80. The van der Waals surface area contributed by atoms with Crippen LogP contribution in [0.5, 0.6) is 0 Å². The molecule has 8 nitrogen and oxygen atoms in total. The molecule has 2 unspecified atom stereocenters. The second-order valence-electron chi connectivity index (χ2n) is 9.59. The molecule has 2 aromatic carbocycles. The number of amides is 2. The predicted octanol–water partition coefficient (Wildman–Crippen LogP) is 3.28. The lowest BCUT2D eigenvalue weighted by Gasteiger charge is -2.31. The Balaban J connectivity index is 1.57. The Morgan fingerprint density at radius 1 is 1.00 bits per heavy atom. The molecule has 0 aliphatic heterocycles. The predicted molar refractivity (Wildman–Crippen MR) is 127 cm³/mol. The van der Waals surface area contributed by atoms with Crippen LogP contribution in [0.2, 0.25) is 0 Å². The molecule has 0 saturated heterocycles. The van der Waals surface area contributed by atoms with Gasteiger partial charge in [-0.1, -0.05) is 69.3 Å². The van der Waals surface area contributed by atoms with Crippen LogP contribution >= 0.6 is 0 Å². The smallest absolute Gasteiger partial charge is 0.407 e. The highest BCUT2D eigenvalue weighted by Crippen LogP contribution is 2.44. The summed E-state index contributed by atoms with van der Waals surface area (Å²) in [6, 6.07) is 15.7. The van der Waals surface area contributed by atoms with Gasteiger partial charge < -0.3 is 25.6 Å². The first-order valence-corrected chi connectivity index (χ1v) is 11.4. The lowest BCUT2D eigenvalue weighted by Crippen LogP contribution is -2.47. The first-order chi connectivity index (χ1) is 16.1. The zero-order valence-corrected chi connectivity index (χ0v) is 19.7. The number of rotatable bonds is 9. The number of fused-ring (bicyclic) bond motifs is 3. The number of carboxylic acids is 1. The number of nitrogens with one attached hydrogen (secondary N) is 2. The van der Waals surface area contributed by atoms with Gasteiger partial charge >= 0.3 is 12.1 Å². The Hall–Kier alpha value is -3.39. The van der Waals surface area contributed by atoms with E-state index in [9.17, 15) is 19.5 Å². The third-order valence-electron chi connectivity index (χ3n) is 6.10. The molecule has 2 atom stereocenters. The molecule has 8 heteroatoms. The Morgan fingerprint density at radius 3 is 2.09 bits per heavy atom. The maximum atomic E-state index is 12.7. The number of benzene rings is 2. The number of ether oxygens (including phenoxy) is 1. The largest absolute Gasteiger partial charge is 0.479 e. The van der Waals surface area contributed by atoms with E-state index in [0.717, 1.165) is 22.3 Å². The van der Waals surface area contributed by atoms with Crippen LogP contribution in [-0.2, 0) is 14.3 Å². The van der Waals surface area contributed by atoms with Crippen LogP contribution in [0, 0.1) is 5.41 Å². The quantitative estimate of drug-likeness (QED) is 0.448. The average molecular weight is 469 g/mol. The fraction of sp³-hybridized carbons (Fsp3) is 0.423. The van der Waals surface area contributed by atoms with Gasteiger partial charge in [0.15, 0.2) is 6.10 Å². The van der Waals surface area contributed by atoms with E-state index in [1.54, 1.807) is 0 Å². The fourth-order valence-corrected chi connectivity index (χ4v) is 4.09. The second kappa shape index (κ2) is 10.7. The van der Waals surface area contributed by atoms with E-state index in [-0.39, 0.29) is 37.8 Å². The Morgan fingerprint density at radius 2 is 1.56 bits per heavy atom. The van der Waals surface area contributed by atoms with Crippen molar-refractivity contribution in [3.8, 4) is 11.1 Å². The summed E-state index contributed by atoms with van der Waals surface area (Å²) in [5, 5.41) is 23.4. The lowest BCUT2D eigenvalue weighted by atomic mass is 9.84. The number of hydrogen-bond acceptors (Lipinski definition) is 5. The molecule has 182 valence electrons. The van der Waals surface area contributed by atoms with Gasteiger partial charge in [0.1, 0.15) is 6.61 Å². The van der Waals surface area contributed by atoms with E-state index in [1.807, 2.05) is 57.2 Å². The normalized spacial score (nSPS) is 14.5. The van der Waals surface area contributed by atoms with Gasteiger partial charge in [0, 0.05) is 31.3 Å². The molecule has 0 bridgehead atoms. The summed E-state index contributed by atoms with van der Waals surface area (Å²) in [6.45, 7) is 5.92. The number of carbonyl (C=O) groups excluding carboxylic acids is 2. The van der Waals surface area contributed by atoms with E-state index in [1.165, 1.54) is 0 Å². The topological polar surface area (TPSA) is 125 Å². The SMILES string of the molecule is CC(C)(C)C(CC(=O)NCCC(O)C(=O)O)NC(=O)OCC1c2ccccc2-c2ccccc21. The fourth-order valence-electron chi connectivity index (χ4n) is 4.09. The van der Waals surface area contributed by atoms with Crippen molar-refractivity contribution in [2.45, 2.75) is 51.7 Å². The summed E-state index contributed by atoms with van der Waals surface area (Å²) in [5.74, 6) is -1.75. The zero-order valence-electron chi connectivity index (χ0n) is 19.7. The van der Waals surface area contributed by atoms with Crippen LogP contribution in [0.4, 0.5) is 4.79 Å². The third-order valence-corrected chi connectivity index (χ3v) is 6.10. The van der Waals surface area contributed by atoms with Gasteiger partial charge in [-0.2, -0.15) is 0 Å². The molecule has 2 amide bonds. The summed E-state index contributed by atoms with van der Waals surface area (Å²) >= 11 is 0. The average Bonchev–Trinajstić information content (AvgIpc) is 3.10. The summed E-state index contributed by atoms with van der Waals surface area (Å²) < 4.78 is 5.61. The summed E-state index contributed by atoms with van der Waals surface area (Å²) in [6.07, 6.45) is -2.23. The minimum Gasteiger partial charge on any atom is -0.479 e. The van der Waals surface area contributed by atoms with Crippen molar-refractivity contribution < 1.29 is 29.3 Å². The molecule has 1 aliphatic carbocycles. The number of carbonyl (C=O) groups is 3. The lowest BCUT2D eigenvalue weighted by molar-refractivity contribution is -0.147. The number of carboxylic acid groups (broad SMARTS) is 1. The maximum absolute atomic E-state index is 12.7. The van der Waals surface area contributed by atoms with Crippen molar-refractivity contribution in [3.63, 3.8) is 0 Å². The van der Waals surface area contributed by atoms with Crippen LogP contribution in [0.15, 0.2) is 48.5 Å². The van der Waals surface area contributed by atoms with Gasteiger partial charge in [-0.25, -0.2) is 9.59 Å². The molecule has 4 N–H and O–H groups in total. The molecule has 0 radical (unpaired) electrons. The van der Waals surface area contributed by atoms with E-state index < -0.39 is 29.6 Å². The molecule has 0 saturated carbocycles. The minimum atomic E-state index is -1.53. The minimum absolute atomic E-state index is 0.00311. The van der Waals surface area contributed by atoms with Crippen LogP contribution in [-0.4, -0.2) is 53.5 Å². The van der Waals surface area contributed by atoms with Gasteiger partial charge in [0.25, 0.3) is 0 Å². The molecular formula is C26H32N2O6. The van der Waals surface area contributed by atoms with Crippen molar-refractivity contribution in [2.75, 3.05) is 13.2 Å². The van der Waals surface area contributed by atoms with E-state index in [2.05, 4.69) is 22.8 Å². The summed E-state index contributed by atoms with van der Waals surface area (Å²) in [5.41, 5.74) is 4.09. The standard InChI is InChI=1S/C26H32N2O6/c1-26(2,3)22(14-23(30)27-13-12-21(29)24(31)32)28-25(33)34-15-20-18-10-6-4-8-16(18)17-9-5-7-11-19(17)20/h4-11,20-22,29H,12-15H2,1-3H3,(H,27,30)(H,28,33)(H,31,32). The molecule has 1 aliphatic rings. The van der Waals surface area contributed by atoms with Crippen molar-refractivity contribution in [3.05, 3.63) is 59.7 Å². The monoisotopic (exact) mass is 468 g/mol. The third kappa shape index (κ3) is 6.14. The molecule has 34 heavy (non-hydrogen) atoms. The Labute approximate surface area is 199 Å². The van der Waals surface area contributed by atoms with Gasteiger partial charge in [0.05, 0.1) is 0 Å². The Bertz CT molecular complexity index is 1000. The van der Waals surface area contributed by atoms with Gasteiger partial charge in [0.2, 0.25) is 5.91 Å². The van der Waals surface area contributed by atoms with Crippen molar-refractivity contribution >= 4 is 18.0 Å². The molecule has 3 rings (SSSR count). The molecular weight excluding hydrogens is 436 g/mol. The van der Waals surface area contributed by atoms with Crippen molar-refractivity contribution in [1.82, 2.24) is 10.6 Å². The van der Waals surface area contributed by atoms with Gasteiger partial charge in [-0.3, -0.25) is 4.79 Å². The highest BCUT2D eigenvalue weighted by atomic mass is 16.5. The number of alkyl carbamates (subject to hydrolysis) is 1. The maximum Gasteiger partial charge on any atom is 0.407 e. The molecule has 0 fully saturated rings. The first-order valence-electron chi connectivity index (χ1n) is 11.4. The van der Waals surface area contributed by atoms with E-state index >= 15 is 0 Å². The zero-order chi connectivity index (χ0) is 24.9. The molecule has 0 aromatic heterocycles. The molecule has 0 spiro atoms. The number of hydrogen-bond donors (Lipinski definition) is 4. The molecule has 2 aromatic rings. The Kier molecular flexibility index (Phi) is 7.94. The van der Waals surface area contributed by atoms with E-state index in [0.29, 0.717) is 0 Å². The van der Waals surface area contributed by atoms with Crippen molar-refractivity contribution in [2.24, 2.45) is 5.41 Å². The van der Waals surface area contributed by atoms with E-state index in [4.69, 9.17) is 9.84 Å². The summed E-state index contributed by atoms with van der Waals surface area (Å²) in [7, 11) is 0. The van der Waals surface area contributed by atoms with Crippen molar-refractivity contribution in [1.29, 1.82) is 0 Å². The number of aliphatic hydroxyl groups excluding tert-OH is 1. The van der Waals surface area contributed by atoms with Crippen LogP contribution in [0.25, 0.3) is 11.1 Å². The number of aliphatic carboxylic acids is 1.